The summed E-state index contributed by atoms with van der Waals surface area (Å²) in [5.74, 6) is 1.69. The van der Waals surface area contributed by atoms with Gasteiger partial charge in [-0.05, 0) is 19.1 Å². The minimum Gasteiger partial charge on any atom is -0.454 e. The molecule has 1 aromatic carbocycles. The van der Waals surface area contributed by atoms with Crippen LogP contribution in [0.5, 0.6) is 11.5 Å². The van der Waals surface area contributed by atoms with Crippen LogP contribution in [0.3, 0.4) is 0 Å². The monoisotopic (exact) mass is 271 g/mol. The van der Waals surface area contributed by atoms with Crippen molar-refractivity contribution in [3.63, 3.8) is 0 Å². The Bertz CT molecular complexity index is 527. The fraction of sp³-hybridized carbons (Fsp3) is 0.500. The standard InChI is InChI=1S/C12H17NO4S/c1-3-18(14,15)7-9(2)13-10-4-5-11-12(6-10)17-8-16-11/h4-6,9,13H,3,7-8H2,1-2H3. The number of nitrogens with one attached hydrogen (secondary N) is 1. The summed E-state index contributed by atoms with van der Waals surface area (Å²) in [6.07, 6.45) is 0. The number of hydrogen-bond acceptors (Lipinski definition) is 5. The molecule has 18 heavy (non-hydrogen) atoms. The Hall–Kier alpha value is -1.43. The molecule has 1 aliphatic rings. The molecule has 100 valence electrons. The molecule has 0 amide bonds. The zero-order valence-corrected chi connectivity index (χ0v) is 11.3. The third-order valence-electron chi connectivity index (χ3n) is 2.73. The quantitative estimate of drug-likeness (QED) is 0.882. The van der Waals surface area contributed by atoms with Crippen molar-refractivity contribution in [2.75, 3.05) is 23.6 Å². The average molecular weight is 271 g/mol. The number of benzene rings is 1. The Balaban J connectivity index is 2.01. The summed E-state index contributed by atoms with van der Waals surface area (Å²) in [5, 5.41) is 3.15. The van der Waals surface area contributed by atoms with Crippen LogP contribution in [0.1, 0.15) is 13.8 Å². The maximum absolute atomic E-state index is 11.5. The number of sulfone groups is 1. The van der Waals surface area contributed by atoms with Crippen molar-refractivity contribution in [2.45, 2.75) is 19.9 Å². The number of fused-ring (bicyclic) bond motifs is 1. The van der Waals surface area contributed by atoms with Gasteiger partial charge in [0.2, 0.25) is 6.79 Å². The predicted octanol–water partition coefficient (Wildman–Crippen LogP) is 1.65. The second kappa shape index (κ2) is 5.06. The van der Waals surface area contributed by atoms with E-state index in [0.717, 1.165) is 11.4 Å². The van der Waals surface area contributed by atoms with Gasteiger partial charge in [-0.2, -0.15) is 0 Å². The average Bonchev–Trinajstić information content (AvgIpc) is 2.75. The smallest absolute Gasteiger partial charge is 0.231 e. The molecule has 0 aromatic heterocycles. The van der Waals surface area contributed by atoms with Crippen LogP contribution in [0.15, 0.2) is 18.2 Å². The number of anilines is 1. The fourth-order valence-electron chi connectivity index (χ4n) is 1.81. The molecule has 1 heterocycles. The van der Waals surface area contributed by atoms with E-state index in [0.29, 0.717) is 5.75 Å². The highest BCUT2D eigenvalue weighted by atomic mass is 32.2. The lowest BCUT2D eigenvalue weighted by Gasteiger charge is -2.15. The van der Waals surface area contributed by atoms with Crippen LogP contribution in [0.4, 0.5) is 5.69 Å². The maximum atomic E-state index is 11.5. The van der Waals surface area contributed by atoms with E-state index in [4.69, 9.17) is 9.47 Å². The van der Waals surface area contributed by atoms with Crippen molar-refractivity contribution >= 4 is 15.5 Å². The molecule has 0 saturated carbocycles. The van der Waals surface area contributed by atoms with Crippen LogP contribution in [0, 0.1) is 0 Å². The largest absolute Gasteiger partial charge is 0.454 e. The highest BCUT2D eigenvalue weighted by molar-refractivity contribution is 7.91. The summed E-state index contributed by atoms with van der Waals surface area (Å²) in [6.45, 7) is 3.74. The first-order valence-corrected chi connectivity index (χ1v) is 7.69. The molecule has 0 fully saturated rings. The Kier molecular flexibility index (Phi) is 3.65. The van der Waals surface area contributed by atoms with E-state index in [1.807, 2.05) is 25.1 Å². The van der Waals surface area contributed by atoms with Crippen LogP contribution < -0.4 is 14.8 Å². The summed E-state index contributed by atoms with van der Waals surface area (Å²) < 4.78 is 33.5. The lowest BCUT2D eigenvalue weighted by atomic mass is 10.2. The molecule has 0 bridgehead atoms. The lowest BCUT2D eigenvalue weighted by Crippen LogP contribution is -2.26. The van der Waals surface area contributed by atoms with Crippen molar-refractivity contribution in [3.8, 4) is 11.5 Å². The molecule has 1 aliphatic heterocycles. The molecule has 0 radical (unpaired) electrons. The number of ether oxygens (including phenoxy) is 2. The van der Waals surface area contributed by atoms with Gasteiger partial charge < -0.3 is 14.8 Å². The molecule has 1 aromatic rings. The third kappa shape index (κ3) is 3.07. The zero-order valence-electron chi connectivity index (χ0n) is 10.5. The highest BCUT2D eigenvalue weighted by Gasteiger charge is 2.16. The first kappa shape index (κ1) is 13.0. The first-order valence-electron chi connectivity index (χ1n) is 5.87. The van der Waals surface area contributed by atoms with E-state index in [1.54, 1.807) is 6.92 Å². The second-order valence-electron chi connectivity index (χ2n) is 4.31. The van der Waals surface area contributed by atoms with Gasteiger partial charge in [0.1, 0.15) is 0 Å². The van der Waals surface area contributed by atoms with Crippen LogP contribution >= 0.6 is 0 Å². The lowest BCUT2D eigenvalue weighted by molar-refractivity contribution is 0.174. The summed E-state index contributed by atoms with van der Waals surface area (Å²) in [4.78, 5) is 0. The Morgan fingerprint density at radius 1 is 1.33 bits per heavy atom. The van der Waals surface area contributed by atoms with E-state index in [9.17, 15) is 8.42 Å². The molecule has 0 aliphatic carbocycles. The Labute approximate surface area is 107 Å². The zero-order chi connectivity index (χ0) is 13.2. The minimum atomic E-state index is -2.97. The van der Waals surface area contributed by atoms with Gasteiger partial charge in [-0.15, -0.1) is 0 Å². The van der Waals surface area contributed by atoms with Crippen LogP contribution in [0.2, 0.25) is 0 Å². The summed E-state index contributed by atoms with van der Waals surface area (Å²) in [5.41, 5.74) is 0.832. The van der Waals surface area contributed by atoms with Gasteiger partial charge in [-0.25, -0.2) is 8.42 Å². The van der Waals surface area contributed by atoms with E-state index in [1.165, 1.54) is 0 Å². The Morgan fingerprint density at radius 3 is 2.78 bits per heavy atom. The van der Waals surface area contributed by atoms with E-state index >= 15 is 0 Å². The van der Waals surface area contributed by atoms with E-state index < -0.39 is 9.84 Å². The van der Waals surface area contributed by atoms with Gasteiger partial charge in [-0.3, -0.25) is 0 Å². The molecular weight excluding hydrogens is 254 g/mol. The fourth-order valence-corrected chi connectivity index (χ4v) is 2.89. The molecule has 1 unspecified atom stereocenters. The SMILES string of the molecule is CCS(=O)(=O)CC(C)Nc1ccc2c(c1)OCO2. The van der Waals surface area contributed by atoms with Crippen LogP contribution in [-0.2, 0) is 9.84 Å². The number of hydrogen-bond donors (Lipinski definition) is 1. The van der Waals surface area contributed by atoms with E-state index in [2.05, 4.69) is 5.32 Å². The molecule has 2 rings (SSSR count). The predicted molar refractivity (Wildman–Crippen MR) is 70.0 cm³/mol. The van der Waals surface area contributed by atoms with Gasteiger partial charge in [0, 0.05) is 23.5 Å². The van der Waals surface area contributed by atoms with Gasteiger partial charge in [-0.1, -0.05) is 6.92 Å². The first-order chi connectivity index (χ1) is 8.50. The summed E-state index contributed by atoms with van der Waals surface area (Å²) >= 11 is 0. The molecule has 1 N–H and O–H groups in total. The molecule has 0 saturated heterocycles. The summed E-state index contributed by atoms with van der Waals surface area (Å²) in [7, 11) is -2.97. The topological polar surface area (TPSA) is 64.6 Å². The maximum Gasteiger partial charge on any atom is 0.231 e. The molecule has 1 atom stereocenters. The highest BCUT2D eigenvalue weighted by Crippen LogP contribution is 2.34. The van der Waals surface area contributed by atoms with Crippen molar-refractivity contribution in [1.82, 2.24) is 0 Å². The minimum absolute atomic E-state index is 0.123. The van der Waals surface area contributed by atoms with Crippen molar-refractivity contribution in [2.24, 2.45) is 0 Å². The molecule has 0 spiro atoms. The molecule has 6 heteroatoms. The van der Waals surface area contributed by atoms with Gasteiger partial charge in [0.15, 0.2) is 21.3 Å². The second-order valence-corrected chi connectivity index (χ2v) is 6.71. The van der Waals surface area contributed by atoms with Gasteiger partial charge >= 0.3 is 0 Å². The van der Waals surface area contributed by atoms with Crippen molar-refractivity contribution in [1.29, 1.82) is 0 Å². The normalized spacial score (nSPS) is 15.4. The third-order valence-corrected chi connectivity index (χ3v) is 4.62. The summed E-state index contributed by atoms with van der Waals surface area (Å²) in [6, 6.07) is 5.33. The number of rotatable bonds is 5. The molecule has 5 nitrogen and oxygen atoms in total. The van der Waals surface area contributed by atoms with Crippen LogP contribution in [0.25, 0.3) is 0 Å². The van der Waals surface area contributed by atoms with Gasteiger partial charge in [0.25, 0.3) is 0 Å². The van der Waals surface area contributed by atoms with Gasteiger partial charge in [0.05, 0.1) is 5.75 Å². The van der Waals surface area contributed by atoms with E-state index in [-0.39, 0.29) is 24.3 Å². The molecular formula is C12H17NO4S. The Morgan fingerprint density at radius 2 is 2.06 bits per heavy atom. The van der Waals surface area contributed by atoms with Crippen molar-refractivity contribution < 1.29 is 17.9 Å². The van der Waals surface area contributed by atoms with Crippen molar-refractivity contribution in [3.05, 3.63) is 18.2 Å². The van der Waals surface area contributed by atoms with Crippen LogP contribution in [-0.4, -0.2) is 32.8 Å².